The first-order valence-electron chi connectivity index (χ1n) is 4.86. The van der Waals surface area contributed by atoms with Crippen LogP contribution in [0.15, 0.2) is 12.2 Å². The van der Waals surface area contributed by atoms with Gasteiger partial charge in [0.25, 0.3) is 0 Å². The van der Waals surface area contributed by atoms with Crippen LogP contribution in [0.4, 0.5) is 0 Å². The van der Waals surface area contributed by atoms with Gasteiger partial charge in [0.15, 0.2) is 0 Å². The number of carboxylic acids is 1. The quantitative estimate of drug-likeness (QED) is 0.681. The van der Waals surface area contributed by atoms with E-state index in [0.717, 1.165) is 24.8 Å². The van der Waals surface area contributed by atoms with E-state index >= 15 is 0 Å². The number of hydrogen-bond acceptors (Lipinski definition) is 1. The van der Waals surface area contributed by atoms with E-state index in [0.29, 0.717) is 12.3 Å². The predicted octanol–water partition coefficient (Wildman–Crippen LogP) is 2.84. The summed E-state index contributed by atoms with van der Waals surface area (Å²) < 4.78 is 0. The molecule has 0 amide bonds. The van der Waals surface area contributed by atoms with E-state index in [1.165, 1.54) is 0 Å². The Morgan fingerprint density at radius 3 is 2.62 bits per heavy atom. The lowest BCUT2D eigenvalue weighted by Gasteiger charge is -2.25. The summed E-state index contributed by atoms with van der Waals surface area (Å²) in [6.07, 6.45) is 3.13. The van der Waals surface area contributed by atoms with Crippen LogP contribution in [0.2, 0.25) is 0 Å². The molecule has 1 saturated carbocycles. The third-order valence-corrected chi connectivity index (χ3v) is 2.80. The molecule has 1 fully saturated rings. The Labute approximate surface area is 79.6 Å². The zero-order valence-corrected chi connectivity index (χ0v) is 8.47. The topological polar surface area (TPSA) is 37.3 Å². The van der Waals surface area contributed by atoms with E-state index in [9.17, 15) is 9.90 Å². The number of carbonyl (C=O) groups is 1. The van der Waals surface area contributed by atoms with Crippen LogP contribution in [0.5, 0.6) is 0 Å². The molecule has 1 aliphatic carbocycles. The maximum Gasteiger partial charge on any atom is 0.309 e. The first-order valence-corrected chi connectivity index (χ1v) is 4.86. The minimum atomic E-state index is -0.639. The summed E-state index contributed by atoms with van der Waals surface area (Å²) in [5, 5.41) is 9.19. The maximum atomic E-state index is 11.2. The van der Waals surface area contributed by atoms with E-state index in [2.05, 4.69) is 20.4 Å². The second-order valence-electron chi connectivity index (χ2n) is 4.61. The molecule has 0 spiro atoms. The first kappa shape index (κ1) is 10.3. The minimum absolute atomic E-state index is 0.446. The minimum Gasteiger partial charge on any atom is -0.481 e. The largest absolute Gasteiger partial charge is 0.481 e. The molecule has 0 aromatic rings. The molecular formula is C11H18O2. The number of allylic oxidation sites excluding steroid dienone is 1. The summed E-state index contributed by atoms with van der Waals surface area (Å²) in [5.74, 6) is -0.193. The average molecular weight is 182 g/mol. The van der Waals surface area contributed by atoms with Gasteiger partial charge in [-0.2, -0.15) is 0 Å². The summed E-state index contributed by atoms with van der Waals surface area (Å²) in [6, 6.07) is 0. The van der Waals surface area contributed by atoms with E-state index < -0.39 is 11.4 Å². The van der Waals surface area contributed by atoms with Crippen LogP contribution >= 0.6 is 0 Å². The van der Waals surface area contributed by atoms with Crippen molar-refractivity contribution in [2.75, 3.05) is 0 Å². The van der Waals surface area contributed by atoms with Crippen molar-refractivity contribution in [3.63, 3.8) is 0 Å². The van der Waals surface area contributed by atoms with Crippen LogP contribution in [0.25, 0.3) is 0 Å². The summed E-state index contributed by atoms with van der Waals surface area (Å²) in [5.41, 5.74) is 0.605. The molecule has 0 saturated heterocycles. The third kappa shape index (κ3) is 2.11. The molecule has 2 nitrogen and oxygen atoms in total. The fourth-order valence-electron chi connectivity index (χ4n) is 2.30. The van der Waals surface area contributed by atoms with Gasteiger partial charge in [0.2, 0.25) is 0 Å². The first-order chi connectivity index (χ1) is 5.96. The third-order valence-electron chi connectivity index (χ3n) is 2.80. The smallest absolute Gasteiger partial charge is 0.309 e. The lowest BCUT2D eigenvalue weighted by molar-refractivity contribution is -0.149. The molecule has 0 aromatic heterocycles. The number of rotatable bonds is 3. The Bertz CT molecular complexity index is 230. The zero-order valence-electron chi connectivity index (χ0n) is 8.47. The van der Waals surface area contributed by atoms with Crippen LogP contribution in [0.1, 0.15) is 39.5 Å². The van der Waals surface area contributed by atoms with Crippen LogP contribution in [0, 0.1) is 11.3 Å². The fourth-order valence-corrected chi connectivity index (χ4v) is 2.30. The SMILES string of the molecule is C=C1CCC(CC(C)C)(C(=O)O)C1. The molecule has 1 N–H and O–H groups in total. The number of aliphatic carboxylic acids is 1. The van der Waals surface area contributed by atoms with Crippen LogP contribution < -0.4 is 0 Å². The Balaban J connectivity index is 2.77. The van der Waals surface area contributed by atoms with Crippen LogP contribution in [-0.4, -0.2) is 11.1 Å². The average Bonchev–Trinajstić information content (AvgIpc) is 2.31. The highest BCUT2D eigenvalue weighted by molar-refractivity contribution is 5.75. The Kier molecular flexibility index (Phi) is 2.79. The number of carboxylic acid groups (broad SMARTS) is 1. The standard InChI is InChI=1S/C11H18O2/c1-8(2)6-11(10(12)13)5-4-9(3)7-11/h8H,3-7H2,1-2H3,(H,12,13). The van der Waals surface area contributed by atoms with E-state index in [4.69, 9.17) is 0 Å². The predicted molar refractivity (Wildman–Crippen MR) is 52.5 cm³/mol. The van der Waals surface area contributed by atoms with Crippen molar-refractivity contribution < 1.29 is 9.90 Å². The monoisotopic (exact) mass is 182 g/mol. The molecule has 74 valence electrons. The number of hydrogen-bond donors (Lipinski definition) is 1. The van der Waals surface area contributed by atoms with Gasteiger partial charge in [-0.05, 0) is 31.6 Å². The molecule has 1 rings (SSSR count). The molecule has 0 bridgehead atoms. The molecule has 0 radical (unpaired) electrons. The highest BCUT2D eigenvalue weighted by Crippen LogP contribution is 2.45. The molecule has 2 heteroatoms. The van der Waals surface area contributed by atoms with Gasteiger partial charge >= 0.3 is 5.97 Å². The summed E-state index contributed by atoms with van der Waals surface area (Å²) in [4.78, 5) is 11.2. The van der Waals surface area contributed by atoms with Gasteiger partial charge in [-0.15, -0.1) is 0 Å². The van der Waals surface area contributed by atoms with Gasteiger partial charge in [0.05, 0.1) is 5.41 Å². The molecule has 13 heavy (non-hydrogen) atoms. The van der Waals surface area contributed by atoms with E-state index in [-0.39, 0.29) is 0 Å². The van der Waals surface area contributed by atoms with Crippen molar-refractivity contribution in [3.8, 4) is 0 Å². The molecular weight excluding hydrogens is 164 g/mol. The second-order valence-corrected chi connectivity index (χ2v) is 4.61. The van der Waals surface area contributed by atoms with Gasteiger partial charge in [-0.3, -0.25) is 4.79 Å². The molecule has 1 unspecified atom stereocenters. The zero-order chi connectivity index (χ0) is 10.1. The van der Waals surface area contributed by atoms with Gasteiger partial charge in [0, 0.05) is 0 Å². The molecule has 1 aliphatic rings. The molecule has 0 aromatic carbocycles. The van der Waals surface area contributed by atoms with Gasteiger partial charge in [-0.1, -0.05) is 26.0 Å². The molecule has 0 heterocycles. The highest BCUT2D eigenvalue weighted by atomic mass is 16.4. The Morgan fingerprint density at radius 1 is 1.69 bits per heavy atom. The van der Waals surface area contributed by atoms with Crippen molar-refractivity contribution in [2.24, 2.45) is 11.3 Å². The molecule has 1 atom stereocenters. The van der Waals surface area contributed by atoms with Crippen LogP contribution in [0.3, 0.4) is 0 Å². The van der Waals surface area contributed by atoms with Crippen molar-refractivity contribution in [2.45, 2.75) is 39.5 Å². The van der Waals surface area contributed by atoms with Gasteiger partial charge < -0.3 is 5.11 Å². The van der Waals surface area contributed by atoms with E-state index in [1.807, 2.05) is 0 Å². The maximum absolute atomic E-state index is 11.2. The highest BCUT2D eigenvalue weighted by Gasteiger charge is 2.42. The fraction of sp³-hybridized carbons (Fsp3) is 0.727. The summed E-state index contributed by atoms with van der Waals surface area (Å²) in [7, 11) is 0. The lowest BCUT2D eigenvalue weighted by Crippen LogP contribution is -2.29. The Morgan fingerprint density at radius 2 is 2.31 bits per heavy atom. The second kappa shape index (κ2) is 3.52. The van der Waals surface area contributed by atoms with Gasteiger partial charge in [0.1, 0.15) is 0 Å². The van der Waals surface area contributed by atoms with Gasteiger partial charge in [-0.25, -0.2) is 0 Å². The van der Waals surface area contributed by atoms with Crippen molar-refractivity contribution in [1.82, 2.24) is 0 Å². The van der Waals surface area contributed by atoms with Crippen molar-refractivity contribution in [1.29, 1.82) is 0 Å². The summed E-state index contributed by atoms with van der Waals surface area (Å²) in [6.45, 7) is 8.03. The molecule has 0 aliphatic heterocycles. The normalized spacial score (nSPS) is 28.4. The van der Waals surface area contributed by atoms with Crippen molar-refractivity contribution in [3.05, 3.63) is 12.2 Å². The van der Waals surface area contributed by atoms with Crippen molar-refractivity contribution >= 4 is 5.97 Å². The summed E-state index contributed by atoms with van der Waals surface area (Å²) >= 11 is 0. The lowest BCUT2D eigenvalue weighted by atomic mass is 9.78. The van der Waals surface area contributed by atoms with E-state index in [1.54, 1.807) is 0 Å². The van der Waals surface area contributed by atoms with Crippen LogP contribution in [-0.2, 0) is 4.79 Å². The Hall–Kier alpha value is -0.790.